The van der Waals surface area contributed by atoms with E-state index in [1.807, 2.05) is 24.3 Å². The van der Waals surface area contributed by atoms with Gasteiger partial charge >= 0.3 is 6.18 Å². The normalized spacial score (nSPS) is 12.9. The van der Waals surface area contributed by atoms with E-state index in [1.165, 1.54) is 0 Å². The zero-order valence-corrected chi connectivity index (χ0v) is 10.3. The molecule has 0 unspecified atom stereocenters. The summed E-state index contributed by atoms with van der Waals surface area (Å²) in [5.74, 6) is 0. The fourth-order valence-electron chi connectivity index (χ4n) is 1.13. The van der Waals surface area contributed by atoms with Gasteiger partial charge in [0.05, 0.1) is 0 Å². The average molecular weight is 294 g/mol. The van der Waals surface area contributed by atoms with Crippen molar-refractivity contribution < 1.29 is 13.2 Å². The Morgan fingerprint density at radius 3 is 2.50 bits per heavy atom. The Kier molecular flexibility index (Phi) is 4.53. The van der Waals surface area contributed by atoms with E-state index < -0.39 is 11.9 Å². The van der Waals surface area contributed by atoms with Gasteiger partial charge < -0.3 is 0 Å². The van der Waals surface area contributed by atoms with Gasteiger partial charge in [-0.3, -0.25) is 4.99 Å². The van der Waals surface area contributed by atoms with E-state index in [4.69, 9.17) is 0 Å². The molecule has 0 aromatic heterocycles. The molecule has 0 saturated carbocycles. The molecule has 0 radical (unpaired) electrons. The summed E-state index contributed by atoms with van der Waals surface area (Å²) in [5, 5.41) is 0. The van der Waals surface area contributed by atoms with Crippen molar-refractivity contribution in [3.8, 4) is 0 Å². The molecule has 0 spiro atoms. The topological polar surface area (TPSA) is 12.4 Å². The minimum atomic E-state index is -4.31. The number of benzene rings is 1. The maximum atomic E-state index is 12.1. The lowest BCUT2D eigenvalue weighted by molar-refractivity contribution is -0.0593. The van der Waals surface area contributed by atoms with Gasteiger partial charge in [-0.15, -0.1) is 0 Å². The second-order valence-electron chi connectivity index (χ2n) is 3.31. The lowest BCUT2D eigenvalue weighted by atomic mass is 10.1. The molecule has 1 nitrogen and oxygen atoms in total. The largest absolute Gasteiger partial charge is 0.428 e. The lowest BCUT2D eigenvalue weighted by Crippen LogP contribution is -2.19. The fourth-order valence-corrected chi connectivity index (χ4v) is 1.62. The predicted octanol–water partition coefficient (Wildman–Crippen LogP) is 4.01. The van der Waals surface area contributed by atoms with Gasteiger partial charge in [-0.25, -0.2) is 0 Å². The van der Waals surface area contributed by atoms with Crippen LogP contribution in [-0.4, -0.2) is 18.4 Å². The first-order valence-corrected chi connectivity index (χ1v) is 5.52. The Bertz CT molecular complexity index is 385. The van der Waals surface area contributed by atoms with Crippen LogP contribution in [0.3, 0.4) is 0 Å². The van der Waals surface area contributed by atoms with Gasteiger partial charge in [0.15, 0.2) is 0 Å². The molecule has 0 N–H and O–H groups in total. The van der Waals surface area contributed by atoms with Crippen LogP contribution < -0.4 is 0 Å². The molecular weight excluding hydrogens is 283 g/mol. The Hall–Kier alpha value is -0.840. The summed E-state index contributed by atoms with van der Waals surface area (Å²) in [7, 11) is 0. The number of hydrogen-bond acceptors (Lipinski definition) is 1. The maximum Gasteiger partial charge on any atom is 0.428 e. The summed E-state index contributed by atoms with van der Waals surface area (Å²) in [4.78, 5) is 3.50. The minimum absolute atomic E-state index is 0.147. The molecule has 0 bridgehead atoms. The molecule has 1 aromatic carbocycles. The van der Waals surface area contributed by atoms with E-state index in [-0.39, 0.29) is 6.54 Å². The highest BCUT2D eigenvalue weighted by atomic mass is 79.9. The van der Waals surface area contributed by atoms with E-state index in [2.05, 4.69) is 20.9 Å². The summed E-state index contributed by atoms with van der Waals surface area (Å²) < 4.78 is 37.2. The molecule has 16 heavy (non-hydrogen) atoms. The standard InChI is InChI=1S/C11H11BrF3N/c1-8(11(13,14)15)16-7-6-9-4-2-3-5-10(9)12/h2-5H,6-7H2,1H3. The second-order valence-corrected chi connectivity index (χ2v) is 4.16. The van der Waals surface area contributed by atoms with Crippen molar-refractivity contribution in [3.05, 3.63) is 34.3 Å². The number of nitrogens with zero attached hydrogens (tertiary/aromatic N) is 1. The number of halogens is 4. The van der Waals surface area contributed by atoms with Crippen molar-refractivity contribution in [3.63, 3.8) is 0 Å². The Morgan fingerprint density at radius 1 is 1.31 bits per heavy atom. The second kappa shape index (κ2) is 5.48. The van der Waals surface area contributed by atoms with Crippen LogP contribution in [0.2, 0.25) is 0 Å². The van der Waals surface area contributed by atoms with E-state index in [0.717, 1.165) is 17.0 Å². The van der Waals surface area contributed by atoms with Gasteiger partial charge in [0.25, 0.3) is 0 Å². The third kappa shape index (κ3) is 3.96. The average Bonchev–Trinajstić information content (AvgIpc) is 2.19. The van der Waals surface area contributed by atoms with Crippen LogP contribution in [0.25, 0.3) is 0 Å². The maximum absolute atomic E-state index is 12.1. The van der Waals surface area contributed by atoms with Crippen molar-refractivity contribution in [2.45, 2.75) is 19.5 Å². The zero-order chi connectivity index (χ0) is 12.2. The molecular formula is C11H11BrF3N. The highest BCUT2D eigenvalue weighted by molar-refractivity contribution is 9.10. The van der Waals surface area contributed by atoms with Crippen molar-refractivity contribution >= 4 is 21.6 Å². The smallest absolute Gasteiger partial charge is 0.285 e. The first-order valence-electron chi connectivity index (χ1n) is 4.73. The molecule has 0 saturated heterocycles. The fraction of sp³-hybridized carbons (Fsp3) is 0.364. The molecule has 0 aliphatic rings. The first kappa shape index (κ1) is 13.2. The van der Waals surface area contributed by atoms with Gasteiger partial charge in [0, 0.05) is 11.0 Å². The highest BCUT2D eigenvalue weighted by Crippen LogP contribution is 2.18. The van der Waals surface area contributed by atoms with E-state index >= 15 is 0 Å². The third-order valence-electron chi connectivity index (χ3n) is 2.10. The molecule has 5 heteroatoms. The van der Waals surface area contributed by atoms with Gasteiger partial charge in [0.1, 0.15) is 5.71 Å². The van der Waals surface area contributed by atoms with Crippen LogP contribution in [0, 0.1) is 0 Å². The summed E-state index contributed by atoms with van der Waals surface area (Å²) in [6.07, 6.45) is -3.82. The monoisotopic (exact) mass is 293 g/mol. The van der Waals surface area contributed by atoms with Gasteiger partial charge in [-0.1, -0.05) is 34.1 Å². The highest BCUT2D eigenvalue weighted by Gasteiger charge is 2.31. The summed E-state index contributed by atoms with van der Waals surface area (Å²) in [6.45, 7) is 1.13. The Labute approximate surface area is 101 Å². The molecule has 0 fully saturated rings. The zero-order valence-electron chi connectivity index (χ0n) is 8.68. The van der Waals surface area contributed by atoms with Crippen LogP contribution in [0.5, 0.6) is 0 Å². The predicted molar refractivity (Wildman–Crippen MR) is 61.9 cm³/mol. The first-order chi connectivity index (χ1) is 7.41. The number of alkyl halides is 3. The van der Waals surface area contributed by atoms with Crippen LogP contribution in [0.4, 0.5) is 13.2 Å². The number of hydrogen-bond donors (Lipinski definition) is 0. The van der Waals surface area contributed by atoms with Gasteiger partial charge in [0.2, 0.25) is 0 Å². The molecule has 0 atom stereocenters. The quantitative estimate of drug-likeness (QED) is 0.747. The molecule has 1 aromatic rings. The van der Waals surface area contributed by atoms with E-state index in [9.17, 15) is 13.2 Å². The SMILES string of the molecule is CC(=NCCc1ccccc1Br)C(F)(F)F. The van der Waals surface area contributed by atoms with Crippen molar-refractivity contribution in [2.24, 2.45) is 4.99 Å². The molecule has 0 aliphatic carbocycles. The van der Waals surface area contributed by atoms with Crippen molar-refractivity contribution in [1.29, 1.82) is 0 Å². The molecule has 0 heterocycles. The van der Waals surface area contributed by atoms with E-state index in [0.29, 0.717) is 6.42 Å². The Morgan fingerprint density at radius 2 is 1.94 bits per heavy atom. The Balaban J connectivity index is 2.57. The summed E-state index contributed by atoms with van der Waals surface area (Å²) >= 11 is 3.33. The van der Waals surface area contributed by atoms with Crippen LogP contribution >= 0.6 is 15.9 Å². The van der Waals surface area contributed by atoms with Gasteiger partial charge in [-0.2, -0.15) is 13.2 Å². The molecule has 0 aliphatic heterocycles. The summed E-state index contributed by atoms with van der Waals surface area (Å²) in [6, 6.07) is 7.43. The van der Waals surface area contributed by atoms with Crippen LogP contribution in [-0.2, 0) is 6.42 Å². The van der Waals surface area contributed by atoms with Crippen LogP contribution in [0.1, 0.15) is 12.5 Å². The van der Waals surface area contributed by atoms with Crippen LogP contribution in [0.15, 0.2) is 33.7 Å². The van der Waals surface area contributed by atoms with Gasteiger partial charge in [-0.05, 0) is 25.0 Å². The third-order valence-corrected chi connectivity index (χ3v) is 2.87. The number of rotatable bonds is 3. The van der Waals surface area contributed by atoms with Crippen molar-refractivity contribution in [2.75, 3.05) is 6.54 Å². The summed E-state index contributed by atoms with van der Waals surface area (Å²) in [5.41, 5.74) is 0.181. The molecule has 0 amide bonds. The van der Waals surface area contributed by atoms with E-state index in [1.54, 1.807) is 0 Å². The van der Waals surface area contributed by atoms with Crippen molar-refractivity contribution in [1.82, 2.24) is 0 Å². The lowest BCUT2D eigenvalue weighted by Gasteiger charge is -2.06. The number of aliphatic imine (C=N–C) groups is 1. The minimum Gasteiger partial charge on any atom is -0.285 e. The molecule has 1 rings (SSSR count). The molecule has 88 valence electrons.